The van der Waals surface area contributed by atoms with Gasteiger partial charge < -0.3 is 14.4 Å². The molecule has 0 aliphatic heterocycles. The zero-order chi connectivity index (χ0) is 17.5. The molecule has 0 aliphatic rings. The summed E-state index contributed by atoms with van der Waals surface area (Å²) in [6.07, 6.45) is 0.665. The van der Waals surface area contributed by atoms with E-state index in [1.165, 1.54) is 0 Å². The van der Waals surface area contributed by atoms with Crippen LogP contribution in [0.3, 0.4) is 0 Å². The zero-order valence-corrected chi connectivity index (χ0v) is 14.8. The summed E-state index contributed by atoms with van der Waals surface area (Å²) in [5.74, 6) is 1.42. The first-order chi connectivity index (χ1) is 11.5. The molecule has 4 heteroatoms. The molecule has 2 aromatic rings. The van der Waals surface area contributed by atoms with Crippen LogP contribution < -0.4 is 9.47 Å². The molecule has 0 bridgehead atoms. The Balaban J connectivity index is 2.00. The summed E-state index contributed by atoms with van der Waals surface area (Å²) < 4.78 is 10.6. The number of rotatable bonds is 7. The maximum Gasteiger partial charge on any atom is 0.225 e. The number of hydrogen-bond acceptors (Lipinski definition) is 3. The van der Waals surface area contributed by atoms with Gasteiger partial charge in [-0.25, -0.2) is 0 Å². The second-order valence-electron chi connectivity index (χ2n) is 5.97. The first-order valence-corrected chi connectivity index (χ1v) is 8.05. The average Bonchev–Trinajstić information content (AvgIpc) is 2.61. The molecule has 0 fully saturated rings. The zero-order valence-electron chi connectivity index (χ0n) is 14.8. The maximum atomic E-state index is 12.6. The highest BCUT2D eigenvalue weighted by Crippen LogP contribution is 2.28. The van der Waals surface area contributed by atoms with Crippen molar-refractivity contribution in [1.29, 1.82) is 0 Å². The average molecular weight is 327 g/mol. The molecule has 2 aromatic carbocycles. The van der Waals surface area contributed by atoms with E-state index in [1.54, 1.807) is 19.1 Å². The monoisotopic (exact) mass is 327 g/mol. The molecule has 0 saturated heterocycles. The van der Waals surface area contributed by atoms with Crippen molar-refractivity contribution in [3.8, 4) is 11.5 Å². The van der Waals surface area contributed by atoms with Gasteiger partial charge in [0.15, 0.2) is 11.5 Å². The van der Waals surface area contributed by atoms with Crippen molar-refractivity contribution in [2.75, 3.05) is 21.3 Å². The van der Waals surface area contributed by atoms with Crippen LogP contribution >= 0.6 is 0 Å². The van der Waals surface area contributed by atoms with Gasteiger partial charge in [0.05, 0.1) is 14.2 Å². The minimum atomic E-state index is -0.100. The summed E-state index contributed by atoms with van der Waals surface area (Å²) in [7, 11) is 5.08. The second kappa shape index (κ2) is 8.39. The van der Waals surface area contributed by atoms with Gasteiger partial charge in [0, 0.05) is 19.5 Å². The van der Waals surface area contributed by atoms with Crippen LogP contribution in [0.25, 0.3) is 0 Å². The number of carbonyl (C=O) groups is 1. The molecule has 0 radical (unpaired) electrons. The minimum Gasteiger partial charge on any atom is -0.493 e. The fourth-order valence-corrected chi connectivity index (χ4v) is 2.76. The van der Waals surface area contributed by atoms with Crippen molar-refractivity contribution >= 4 is 5.91 Å². The molecule has 0 aromatic heterocycles. The van der Waals surface area contributed by atoms with E-state index in [4.69, 9.17) is 9.47 Å². The van der Waals surface area contributed by atoms with E-state index in [-0.39, 0.29) is 11.8 Å². The van der Waals surface area contributed by atoms with Crippen molar-refractivity contribution < 1.29 is 14.3 Å². The number of amides is 1. The Morgan fingerprint density at radius 2 is 1.67 bits per heavy atom. The Kier molecular flexibility index (Phi) is 6.24. The maximum absolute atomic E-state index is 12.6. The van der Waals surface area contributed by atoms with Crippen LogP contribution in [0.2, 0.25) is 0 Å². The highest BCUT2D eigenvalue weighted by molar-refractivity contribution is 5.78. The molecule has 1 atom stereocenters. The van der Waals surface area contributed by atoms with E-state index in [0.717, 1.165) is 11.1 Å². The number of nitrogens with zero attached hydrogens (tertiary/aromatic N) is 1. The van der Waals surface area contributed by atoms with Gasteiger partial charge >= 0.3 is 0 Å². The van der Waals surface area contributed by atoms with E-state index in [9.17, 15) is 4.79 Å². The van der Waals surface area contributed by atoms with Crippen LogP contribution in [0.4, 0.5) is 0 Å². The highest BCUT2D eigenvalue weighted by Gasteiger charge is 2.19. The molecule has 1 amide bonds. The van der Waals surface area contributed by atoms with Gasteiger partial charge in [0.2, 0.25) is 5.91 Å². The number of methoxy groups -OCH3 is 2. The lowest BCUT2D eigenvalue weighted by atomic mass is 9.99. The number of benzene rings is 2. The number of carbonyl (C=O) groups excluding carboxylic acids is 1. The third-order valence-electron chi connectivity index (χ3n) is 4.05. The fraction of sp³-hybridized carbons (Fsp3) is 0.350. The smallest absolute Gasteiger partial charge is 0.225 e. The topological polar surface area (TPSA) is 38.8 Å². The molecule has 0 saturated carbocycles. The van der Waals surface area contributed by atoms with Crippen LogP contribution in [-0.2, 0) is 17.8 Å². The van der Waals surface area contributed by atoms with Crippen molar-refractivity contribution in [2.24, 2.45) is 5.92 Å². The summed E-state index contributed by atoms with van der Waals surface area (Å²) in [4.78, 5) is 14.4. The van der Waals surface area contributed by atoms with E-state index in [1.807, 2.05) is 62.5 Å². The molecule has 0 N–H and O–H groups in total. The standard InChI is InChI=1S/C20H25NO3/c1-15(12-17-10-11-18(23-3)19(13-17)24-4)20(22)21(2)14-16-8-6-5-7-9-16/h5-11,13,15H,12,14H2,1-4H3. The predicted octanol–water partition coefficient (Wildman–Crippen LogP) is 3.54. The van der Waals surface area contributed by atoms with Crippen LogP contribution in [0.15, 0.2) is 48.5 Å². The highest BCUT2D eigenvalue weighted by atomic mass is 16.5. The van der Waals surface area contributed by atoms with Crippen molar-refractivity contribution in [2.45, 2.75) is 19.9 Å². The summed E-state index contributed by atoms with van der Waals surface area (Å²) in [6, 6.07) is 15.8. The Morgan fingerprint density at radius 1 is 1.00 bits per heavy atom. The third-order valence-corrected chi connectivity index (χ3v) is 4.05. The lowest BCUT2D eigenvalue weighted by Gasteiger charge is -2.22. The third kappa shape index (κ3) is 4.51. The molecule has 4 nitrogen and oxygen atoms in total. The normalized spacial score (nSPS) is 11.7. The van der Waals surface area contributed by atoms with E-state index >= 15 is 0 Å². The van der Waals surface area contributed by atoms with Crippen LogP contribution in [0.1, 0.15) is 18.1 Å². The van der Waals surface area contributed by atoms with Crippen molar-refractivity contribution in [3.05, 3.63) is 59.7 Å². The number of ether oxygens (including phenoxy) is 2. The van der Waals surface area contributed by atoms with Crippen molar-refractivity contribution in [3.63, 3.8) is 0 Å². The lowest BCUT2D eigenvalue weighted by molar-refractivity contribution is -0.134. The van der Waals surface area contributed by atoms with E-state index < -0.39 is 0 Å². The summed E-state index contributed by atoms with van der Waals surface area (Å²) in [5.41, 5.74) is 2.19. The summed E-state index contributed by atoms with van der Waals surface area (Å²) in [6.45, 7) is 2.58. The molecule has 0 aliphatic carbocycles. The van der Waals surface area contributed by atoms with Crippen molar-refractivity contribution in [1.82, 2.24) is 4.90 Å². The first kappa shape index (κ1) is 17.9. The van der Waals surface area contributed by atoms with E-state index in [0.29, 0.717) is 24.5 Å². The predicted molar refractivity (Wildman–Crippen MR) is 95.3 cm³/mol. The van der Waals surface area contributed by atoms with Gasteiger partial charge in [-0.15, -0.1) is 0 Å². The Bertz CT molecular complexity index is 670. The fourth-order valence-electron chi connectivity index (χ4n) is 2.76. The van der Waals surface area contributed by atoms with Gasteiger partial charge in [0.25, 0.3) is 0 Å². The summed E-state index contributed by atoms with van der Waals surface area (Å²) >= 11 is 0. The Labute approximate surface area is 144 Å². The Hall–Kier alpha value is -2.49. The molecule has 2 rings (SSSR count). The molecule has 0 spiro atoms. The molecule has 24 heavy (non-hydrogen) atoms. The largest absolute Gasteiger partial charge is 0.493 e. The van der Waals surface area contributed by atoms with Crippen LogP contribution in [0.5, 0.6) is 11.5 Å². The number of hydrogen-bond donors (Lipinski definition) is 0. The SMILES string of the molecule is COc1ccc(CC(C)C(=O)N(C)Cc2ccccc2)cc1OC. The molecule has 1 unspecified atom stereocenters. The van der Waals surface area contributed by atoms with Gasteiger partial charge in [-0.05, 0) is 29.7 Å². The van der Waals surface area contributed by atoms with E-state index in [2.05, 4.69) is 0 Å². The van der Waals surface area contributed by atoms with Crippen LogP contribution in [-0.4, -0.2) is 32.1 Å². The minimum absolute atomic E-state index is 0.100. The molecular formula is C20H25NO3. The lowest BCUT2D eigenvalue weighted by Crippen LogP contribution is -2.32. The Morgan fingerprint density at radius 3 is 2.29 bits per heavy atom. The van der Waals surface area contributed by atoms with Gasteiger partial charge in [-0.3, -0.25) is 4.79 Å². The van der Waals surface area contributed by atoms with Gasteiger partial charge in [-0.2, -0.15) is 0 Å². The second-order valence-corrected chi connectivity index (χ2v) is 5.97. The molecule has 128 valence electrons. The molecule has 0 heterocycles. The first-order valence-electron chi connectivity index (χ1n) is 8.05. The summed E-state index contributed by atoms with van der Waals surface area (Å²) in [5, 5.41) is 0. The quantitative estimate of drug-likeness (QED) is 0.781. The molecular weight excluding hydrogens is 302 g/mol. The van der Waals surface area contributed by atoms with Crippen LogP contribution in [0, 0.1) is 5.92 Å². The van der Waals surface area contributed by atoms with Gasteiger partial charge in [-0.1, -0.05) is 43.3 Å². The van der Waals surface area contributed by atoms with Gasteiger partial charge in [0.1, 0.15) is 0 Å².